The highest BCUT2D eigenvalue weighted by molar-refractivity contribution is 5.90. The van der Waals surface area contributed by atoms with Crippen LogP contribution >= 0.6 is 0 Å². The number of aliphatic hydroxyl groups is 1. The molecule has 0 aromatic heterocycles. The lowest BCUT2D eigenvalue weighted by atomic mass is 9.88. The van der Waals surface area contributed by atoms with Gasteiger partial charge in [0.2, 0.25) is 0 Å². The predicted molar refractivity (Wildman–Crippen MR) is 97.1 cm³/mol. The Morgan fingerprint density at radius 3 is 2.40 bits per heavy atom. The van der Waals surface area contributed by atoms with Gasteiger partial charge in [0.15, 0.2) is 0 Å². The summed E-state index contributed by atoms with van der Waals surface area (Å²) < 4.78 is 0. The van der Waals surface area contributed by atoms with Crippen molar-refractivity contribution in [2.45, 2.75) is 25.0 Å². The highest BCUT2D eigenvalue weighted by atomic mass is 16.3. The van der Waals surface area contributed by atoms with E-state index in [0.29, 0.717) is 17.8 Å². The van der Waals surface area contributed by atoms with Gasteiger partial charge in [0.25, 0.3) is 0 Å². The molecule has 3 fully saturated rings. The summed E-state index contributed by atoms with van der Waals surface area (Å²) in [4.78, 5) is 14.6. The Bertz CT molecular complexity index is 787. The highest BCUT2D eigenvalue weighted by Gasteiger charge is 2.59. The van der Waals surface area contributed by atoms with Gasteiger partial charge in [0.05, 0.1) is 12.1 Å². The molecular weight excluding hydrogens is 312 g/mol. The lowest BCUT2D eigenvalue weighted by Crippen LogP contribution is -2.45. The zero-order valence-electron chi connectivity index (χ0n) is 14.0. The number of carbonyl (C=O) groups is 1. The van der Waals surface area contributed by atoms with Gasteiger partial charge >= 0.3 is 6.03 Å². The van der Waals surface area contributed by atoms with Crippen LogP contribution < -0.4 is 5.32 Å². The second-order valence-corrected chi connectivity index (χ2v) is 7.66. The zero-order valence-corrected chi connectivity index (χ0v) is 14.0. The first kappa shape index (κ1) is 15.0. The van der Waals surface area contributed by atoms with Crippen molar-refractivity contribution < 1.29 is 9.90 Å². The summed E-state index contributed by atoms with van der Waals surface area (Å²) in [6.45, 7) is 0.789. The molecule has 0 radical (unpaired) electrons. The number of nitrogens with one attached hydrogen (secondary N) is 1. The van der Waals surface area contributed by atoms with Gasteiger partial charge in [-0.05, 0) is 53.9 Å². The average molecular weight is 334 g/mol. The molecular formula is C21H22N2O2. The number of nitrogens with zero attached hydrogens (tertiary/aromatic N) is 1. The summed E-state index contributed by atoms with van der Waals surface area (Å²) in [5.74, 6) is 1.50. The Balaban J connectivity index is 1.30. The van der Waals surface area contributed by atoms with Crippen LogP contribution in [0.3, 0.4) is 0 Å². The van der Waals surface area contributed by atoms with Crippen LogP contribution in [0.15, 0.2) is 54.6 Å². The summed E-state index contributed by atoms with van der Waals surface area (Å²) >= 11 is 0. The number of likely N-dealkylation sites (tertiary alicyclic amines) is 1. The Morgan fingerprint density at radius 1 is 0.960 bits per heavy atom. The fraction of sp³-hybridized carbons (Fsp3) is 0.381. The minimum atomic E-state index is -0.338. The van der Waals surface area contributed by atoms with Gasteiger partial charge in [0, 0.05) is 12.2 Å². The standard InChI is InChI=1S/C21H22N2O2/c24-20-15-10-16-12-23(19(20)18(16)11-15)21(25)22-17-8-6-14(7-9-17)13-4-2-1-3-5-13/h1-9,15-16,18-20,24H,10-12H2,(H,22,25)/t15-,16-,18+,19-,20+/m0/s1. The Hall–Kier alpha value is -2.33. The van der Waals surface area contributed by atoms with E-state index in [1.165, 1.54) is 0 Å². The lowest BCUT2D eigenvalue weighted by molar-refractivity contribution is 0.0631. The van der Waals surface area contributed by atoms with Crippen molar-refractivity contribution in [2.75, 3.05) is 11.9 Å². The van der Waals surface area contributed by atoms with Crippen LogP contribution in [0, 0.1) is 17.8 Å². The van der Waals surface area contributed by atoms with Crippen LogP contribution in [-0.4, -0.2) is 34.7 Å². The van der Waals surface area contributed by atoms with Crippen LogP contribution in [0.4, 0.5) is 10.5 Å². The number of aliphatic hydroxyl groups excluding tert-OH is 1. The van der Waals surface area contributed by atoms with Gasteiger partial charge in [-0.3, -0.25) is 0 Å². The number of fused-ring (bicyclic) bond motifs is 1. The van der Waals surface area contributed by atoms with E-state index in [1.54, 1.807) is 0 Å². The van der Waals surface area contributed by atoms with Crippen LogP contribution in [0.1, 0.15) is 12.8 Å². The molecule has 128 valence electrons. The maximum atomic E-state index is 12.7. The normalized spacial score (nSPS) is 32.2. The van der Waals surface area contributed by atoms with E-state index in [-0.39, 0.29) is 18.2 Å². The molecule has 2 bridgehead atoms. The first-order chi connectivity index (χ1) is 12.2. The van der Waals surface area contributed by atoms with E-state index >= 15 is 0 Å². The molecule has 2 N–H and O–H groups in total. The molecule has 5 rings (SSSR count). The topological polar surface area (TPSA) is 52.6 Å². The van der Waals surface area contributed by atoms with Crippen molar-refractivity contribution in [3.63, 3.8) is 0 Å². The number of carbonyl (C=O) groups excluding carboxylic acids is 1. The summed E-state index contributed by atoms with van der Waals surface area (Å²) in [6.07, 6.45) is 1.83. The Morgan fingerprint density at radius 2 is 1.68 bits per heavy atom. The molecule has 4 nitrogen and oxygen atoms in total. The molecule has 25 heavy (non-hydrogen) atoms. The number of hydrogen-bond acceptors (Lipinski definition) is 2. The maximum absolute atomic E-state index is 12.7. The van der Waals surface area contributed by atoms with Gasteiger partial charge in [-0.2, -0.15) is 0 Å². The second kappa shape index (κ2) is 5.60. The fourth-order valence-corrected chi connectivity index (χ4v) is 5.22. The van der Waals surface area contributed by atoms with Crippen molar-refractivity contribution in [1.82, 2.24) is 4.90 Å². The van der Waals surface area contributed by atoms with Crippen LogP contribution in [-0.2, 0) is 0 Å². The average Bonchev–Trinajstić information content (AvgIpc) is 3.26. The number of amides is 2. The first-order valence-corrected chi connectivity index (χ1v) is 9.12. The third kappa shape index (κ3) is 2.35. The van der Waals surface area contributed by atoms with E-state index < -0.39 is 0 Å². The molecule has 1 heterocycles. The molecule has 4 heteroatoms. The van der Waals surface area contributed by atoms with Crippen molar-refractivity contribution in [3.8, 4) is 11.1 Å². The number of rotatable bonds is 2. The van der Waals surface area contributed by atoms with Gasteiger partial charge in [-0.1, -0.05) is 42.5 Å². The minimum Gasteiger partial charge on any atom is -0.391 e. The lowest BCUT2D eigenvalue weighted by Gasteiger charge is -2.28. The number of hydrogen-bond donors (Lipinski definition) is 2. The molecule has 1 aliphatic heterocycles. The number of benzene rings is 2. The Labute approximate surface area is 147 Å². The SMILES string of the molecule is O=C(Nc1ccc(-c2ccccc2)cc1)N1C[C@@H]2C[C@H]3C[C@H]2[C@H]1[C@@H]3O. The molecule has 3 aliphatic rings. The van der Waals surface area contributed by atoms with Crippen molar-refractivity contribution in [3.05, 3.63) is 54.6 Å². The second-order valence-electron chi connectivity index (χ2n) is 7.66. The van der Waals surface area contributed by atoms with E-state index in [9.17, 15) is 9.90 Å². The van der Waals surface area contributed by atoms with E-state index in [4.69, 9.17) is 0 Å². The highest BCUT2D eigenvalue weighted by Crippen LogP contribution is 2.54. The van der Waals surface area contributed by atoms with Gasteiger partial charge in [-0.25, -0.2) is 4.79 Å². The summed E-state index contributed by atoms with van der Waals surface area (Å²) in [6, 6.07) is 18.1. The van der Waals surface area contributed by atoms with Gasteiger partial charge in [-0.15, -0.1) is 0 Å². The molecule has 0 unspecified atom stereocenters. The molecule has 5 atom stereocenters. The van der Waals surface area contributed by atoms with Crippen molar-refractivity contribution in [1.29, 1.82) is 0 Å². The van der Waals surface area contributed by atoms with Gasteiger partial charge < -0.3 is 15.3 Å². The molecule has 0 spiro atoms. The van der Waals surface area contributed by atoms with Crippen LogP contribution in [0.2, 0.25) is 0 Å². The molecule has 1 saturated heterocycles. The minimum absolute atomic E-state index is 0.0207. The summed E-state index contributed by atoms with van der Waals surface area (Å²) in [5, 5.41) is 13.4. The number of urea groups is 1. The smallest absolute Gasteiger partial charge is 0.322 e. The van der Waals surface area contributed by atoms with E-state index in [1.807, 2.05) is 47.4 Å². The van der Waals surface area contributed by atoms with Crippen LogP contribution in [0.25, 0.3) is 11.1 Å². The third-order valence-corrected chi connectivity index (χ3v) is 6.35. The fourth-order valence-electron chi connectivity index (χ4n) is 5.22. The summed E-state index contributed by atoms with van der Waals surface area (Å²) in [7, 11) is 0. The van der Waals surface area contributed by atoms with Gasteiger partial charge in [0.1, 0.15) is 0 Å². The molecule has 2 aromatic carbocycles. The maximum Gasteiger partial charge on any atom is 0.322 e. The largest absolute Gasteiger partial charge is 0.391 e. The van der Waals surface area contributed by atoms with Crippen LogP contribution in [0.5, 0.6) is 0 Å². The molecule has 2 saturated carbocycles. The summed E-state index contributed by atoms with van der Waals surface area (Å²) in [5.41, 5.74) is 3.09. The number of anilines is 1. The molecule has 2 aliphatic carbocycles. The van der Waals surface area contributed by atoms with Crippen molar-refractivity contribution in [2.24, 2.45) is 17.8 Å². The van der Waals surface area contributed by atoms with E-state index in [2.05, 4.69) is 17.4 Å². The quantitative estimate of drug-likeness (QED) is 0.882. The Kier molecular flexibility index (Phi) is 3.35. The predicted octanol–water partition coefficient (Wildman–Crippen LogP) is 3.59. The zero-order chi connectivity index (χ0) is 17.0. The first-order valence-electron chi connectivity index (χ1n) is 9.12. The van der Waals surface area contributed by atoms with Crippen molar-refractivity contribution >= 4 is 11.7 Å². The molecule has 2 amide bonds. The molecule has 2 aromatic rings. The van der Waals surface area contributed by atoms with E-state index in [0.717, 1.165) is 36.2 Å². The monoisotopic (exact) mass is 334 g/mol. The third-order valence-electron chi connectivity index (χ3n) is 6.35.